The zero-order valence-electron chi connectivity index (χ0n) is 10.2. The molecule has 0 aliphatic carbocycles. The van der Waals surface area contributed by atoms with Gasteiger partial charge >= 0.3 is 0 Å². The minimum absolute atomic E-state index is 0.172. The Hall–Kier alpha value is -1.58. The second-order valence-corrected chi connectivity index (χ2v) is 3.28. The molecular formula is C12H19N3O. The van der Waals surface area contributed by atoms with E-state index in [1.165, 1.54) is 0 Å². The highest BCUT2D eigenvalue weighted by molar-refractivity contribution is 5.94. The first kappa shape index (κ1) is 12.5. The zero-order chi connectivity index (χ0) is 12.0. The van der Waals surface area contributed by atoms with Crippen molar-refractivity contribution >= 4 is 17.5 Å². The van der Waals surface area contributed by atoms with Crippen molar-refractivity contribution in [1.29, 1.82) is 0 Å². The standard InChI is InChI=1S/C10H13N3O.C2H6/c1-11-8-4-2-5-9(12-8)13-7-3-6-10(13)14;1-2/h2,4-5H,3,6-7H2,1H3,(H,11,12);1-2H3. The predicted octanol–water partition coefficient (Wildman–Crippen LogP) is 2.28. The van der Waals surface area contributed by atoms with Crippen LogP contribution >= 0.6 is 0 Å². The maximum absolute atomic E-state index is 11.4. The highest BCUT2D eigenvalue weighted by atomic mass is 16.2. The number of hydrogen-bond acceptors (Lipinski definition) is 3. The summed E-state index contributed by atoms with van der Waals surface area (Å²) in [6.45, 7) is 4.79. The van der Waals surface area contributed by atoms with E-state index in [-0.39, 0.29) is 5.91 Å². The van der Waals surface area contributed by atoms with Crippen LogP contribution in [0.3, 0.4) is 0 Å². The van der Waals surface area contributed by atoms with E-state index < -0.39 is 0 Å². The summed E-state index contributed by atoms with van der Waals surface area (Å²) in [5.41, 5.74) is 0. The van der Waals surface area contributed by atoms with E-state index in [2.05, 4.69) is 10.3 Å². The molecule has 1 aliphatic heterocycles. The van der Waals surface area contributed by atoms with Crippen LogP contribution in [0, 0.1) is 0 Å². The van der Waals surface area contributed by atoms with Gasteiger partial charge in [-0.3, -0.25) is 9.69 Å². The van der Waals surface area contributed by atoms with Crippen molar-refractivity contribution in [2.45, 2.75) is 26.7 Å². The summed E-state index contributed by atoms with van der Waals surface area (Å²) in [5.74, 6) is 1.72. The summed E-state index contributed by atoms with van der Waals surface area (Å²) >= 11 is 0. The molecule has 0 radical (unpaired) electrons. The van der Waals surface area contributed by atoms with Crippen LogP contribution in [0.5, 0.6) is 0 Å². The number of hydrogen-bond donors (Lipinski definition) is 1. The quantitative estimate of drug-likeness (QED) is 0.833. The lowest BCUT2D eigenvalue weighted by molar-refractivity contribution is -0.117. The van der Waals surface area contributed by atoms with E-state index in [1.54, 1.807) is 4.90 Å². The molecular weight excluding hydrogens is 202 g/mol. The monoisotopic (exact) mass is 221 g/mol. The van der Waals surface area contributed by atoms with Gasteiger partial charge in [-0.25, -0.2) is 4.98 Å². The predicted molar refractivity (Wildman–Crippen MR) is 66.7 cm³/mol. The first-order valence-corrected chi connectivity index (χ1v) is 5.76. The molecule has 1 N–H and O–H groups in total. The number of nitrogens with zero attached hydrogens (tertiary/aromatic N) is 2. The molecule has 88 valence electrons. The molecule has 0 unspecified atom stereocenters. The van der Waals surface area contributed by atoms with Crippen molar-refractivity contribution in [2.75, 3.05) is 23.8 Å². The molecule has 1 amide bonds. The summed E-state index contributed by atoms with van der Waals surface area (Å²) in [6.07, 6.45) is 1.58. The molecule has 1 saturated heterocycles. The highest BCUT2D eigenvalue weighted by Gasteiger charge is 2.22. The largest absolute Gasteiger partial charge is 0.373 e. The highest BCUT2D eigenvalue weighted by Crippen LogP contribution is 2.20. The van der Waals surface area contributed by atoms with Gasteiger partial charge in [0.25, 0.3) is 0 Å². The second kappa shape index (κ2) is 6.10. The Labute approximate surface area is 96.7 Å². The van der Waals surface area contributed by atoms with Crippen molar-refractivity contribution in [3.63, 3.8) is 0 Å². The Balaban J connectivity index is 0.000000606. The summed E-state index contributed by atoms with van der Waals surface area (Å²) in [6, 6.07) is 5.65. The average Bonchev–Trinajstić information content (AvgIpc) is 2.78. The Kier molecular flexibility index (Phi) is 4.76. The summed E-state index contributed by atoms with van der Waals surface area (Å²) in [7, 11) is 1.82. The lowest BCUT2D eigenvalue weighted by atomic mass is 10.4. The third-order valence-electron chi connectivity index (χ3n) is 2.34. The van der Waals surface area contributed by atoms with E-state index in [4.69, 9.17) is 0 Å². The van der Waals surface area contributed by atoms with Crippen LogP contribution in [-0.2, 0) is 4.79 Å². The molecule has 4 heteroatoms. The number of anilines is 2. The molecule has 0 aromatic carbocycles. The lowest BCUT2D eigenvalue weighted by Gasteiger charge is -2.14. The number of pyridine rings is 1. The fourth-order valence-electron chi connectivity index (χ4n) is 1.60. The topological polar surface area (TPSA) is 45.2 Å². The van der Waals surface area contributed by atoms with Gasteiger partial charge in [-0.15, -0.1) is 0 Å². The van der Waals surface area contributed by atoms with Crippen molar-refractivity contribution < 1.29 is 4.79 Å². The van der Waals surface area contributed by atoms with Crippen LogP contribution in [0.15, 0.2) is 18.2 Å². The van der Waals surface area contributed by atoms with Gasteiger partial charge in [-0.1, -0.05) is 19.9 Å². The van der Waals surface area contributed by atoms with Crippen molar-refractivity contribution in [2.24, 2.45) is 0 Å². The Morgan fingerprint density at radius 2 is 2.12 bits per heavy atom. The number of carbonyl (C=O) groups is 1. The Morgan fingerprint density at radius 1 is 1.38 bits per heavy atom. The molecule has 2 heterocycles. The van der Waals surface area contributed by atoms with Crippen LogP contribution in [0.2, 0.25) is 0 Å². The van der Waals surface area contributed by atoms with Crippen molar-refractivity contribution in [1.82, 2.24) is 4.98 Å². The van der Waals surface area contributed by atoms with Gasteiger partial charge in [-0.05, 0) is 18.6 Å². The molecule has 0 spiro atoms. The van der Waals surface area contributed by atoms with E-state index in [1.807, 2.05) is 39.1 Å². The maximum Gasteiger partial charge on any atom is 0.228 e. The summed E-state index contributed by atoms with van der Waals surface area (Å²) < 4.78 is 0. The van der Waals surface area contributed by atoms with Gasteiger partial charge in [-0.2, -0.15) is 0 Å². The molecule has 0 bridgehead atoms. The van der Waals surface area contributed by atoms with Crippen molar-refractivity contribution in [3.05, 3.63) is 18.2 Å². The fourth-order valence-corrected chi connectivity index (χ4v) is 1.60. The maximum atomic E-state index is 11.4. The fraction of sp³-hybridized carbons (Fsp3) is 0.500. The Bertz CT molecular complexity index is 352. The molecule has 2 rings (SSSR count). The van der Waals surface area contributed by atoms with Crippen LogP contribution in [-0.4, -0.2) is 24.5 Å². The molecule has 4 nitrogen and oxygen atoms in total. The Morgan fingerprint density at radius 3 is 2.69 bits per heavy atom. The molecule has 1 aromatic heterocycles. The number of aromatic nitrogens is 1. The molecule has 16 heavy (non-hydrogen) atoms. The van der Waals surface area contributed by atoms with Gasteiger partial charge in [0.15, 0.2) is 0 Å². The van der Waals surface area contributed by atoms with Crippen LogP contribution < -0.4 is 10.2 Å². The van der Waals surface area contributed by atoms with Crippen molar-refractivity contribution in [3.8, 4) is 0 Å². The average molecular weight is 221 g/mol. The van der Waals surface area contributed by atoms with Gasteiger partial charge < -0.3 is 5.32 Å². The number of nitrogens with one attached hydrogen (secondary N) is 1. The van der Waals surface area contributed by atoms with Gasteiger partial charge in [0, 0.05) is 20.0 Å². The molecule has 1 aliphatic rings. The third kappa shape index (κ3) is 2.72. The summed E-state index contributed by atoms with van der Waals surface area (Å²) in [4.78, 5) is 17.5. The lowest BCUT2D eigenvalue weighted by Crippen LogP contribution is -2.24. The minimum Gasteiger partial charge on any atom is -0.373 e. The normalized spacial score (nSPS) is 14.4. The zero-order valence-corrected chi connectivity index (χ0v) is 10.2. The van der Waals surface area contributed by atoms with Gasteiger partial charge in [0.05, 0.1) is 0 Å². The number of amides is 1. The SMILES string of the molecule is CC.CNc1cccc(N2CCCC2=O)n1. The van der Waals surface area contributed by atoms with Crippen LogP contribution in [0.25, 0.3) is 0 Å². The summed E-state index contributed by atoms with van der Waals surface area (Å²) in [5, 5.41) is 2.96. The van der Waals surface area contributed by atoms with Crippen LogP contribution in [0.1, 0.15) is 26.7 Å². The van der Waals surface area contributed by atoms with E-state index >= 15 is 0 Å². The van der Waals surface area contributed by atoms with Gasteiger partial charge in [0.1, 0.15) is 11.6 Å². The first-order chi connectivity index (χ1) is 7.81. The smallest absolute Gasteiger partial charge is 0.228 e. The van der Waals surface area contributed by atoms with E-state index in [0.29, 0.717) is 6.42 Å². The van der Waals surface area contributed by atoms with Crippen LogP contribution in [0.4, 0.5) is 11.6 Å². The molecule has 0 saturated carbocycles. The molecule has 0 atom stereocenters. The van der Waals surface area contributed by atoms with Gasteiger partial charge in [0.2, 0.25) is 5.91 Å². The van der Waals surface area contributed by atoms with E-state index in [0.717, 1.165) is 24.6 Å². The number of carbonyl (C=O) groups excluding carboxylic acids is 1. The van der Waals surface area contributed by atoms with E-state index in [9.17, 15) is 4.79 Å². The first-order valence-electron chi connectivity index (χ1n) is 5.76. The third-order valence-corrected chi connectivity index (χ3v) is 2.34. The molecule has 1 aromatic rings. The molecule has 1 fully saturated rings. The second-order valence-electron chi connectivity index (χ2n) is 3.28. The number of rotatable bonds is 2. The minimum atomic E-state index is 0.172.